The second-order valence-corrected chi connectivity index (χ2v) is 5.04. The molecule has 0 amide bonds. The molecule has 0 spiro atoms. The van der Waals surface area contributed by atoms with Gasteiger partial charge in [0.05, 0.1) is 28.4 Å². The number of ketones is 1. The molecule has 2 rings (SSSR count). The lowest BCUT2D eigenvalue weighted by Crippen LogP contribution is -1.97. The van der Waals surface area contributed by atoms with E-state index < -0.39 is 0 Å². The molecule has 0 aliphatic rings. The number of aromatic hydroxyl groups is 1. The summed E-state index contributed by atoms with van der Waals surface area (Å²) in [6.45, 7) is 0. The van der Waals surface area contributed by atoms with E-state index >= 15 is 0 Å². The Morgan fingerprint density at radius 3 is 2.00 bits per heavy atom. The Bertz CT molecular complexity index is 769. The largest absolute Gasteiger partial charge is 0.504 e. The van der Waals surface area contributed by atoms with Gasteiger partial charge < -0.3 is 24.1 Å². The number of benzene rings is 2. The molecule has 0 unspecified atom stereocenters. The zero-order valence-electron chi connectivity index (χ0n) is 14.5. The highest BCUT2D eigenvalue weighted by atomic mass is 16.5. The van der Waals surface area contributed by atoms with Crippen molar-refractivity contribution in [2.24, 2.45) is 0 Å². The van der Waals surface area contributed by atoms with E-state index in [9.17, 15) is 9.90 Å². The third-order valence-electron chi connectivity index (χ3n) is 3.58. The molecule has 25 heavy (non-hydrogen) atoms. The first-order valence-corrected chi connectivity index (χ1v) is 7.43. The maximum Gasteiger partial charge on any atom is 0.203 e. The van der Waals surface area contributed by atoms with Gasteiger partial charge in [-0.05, 0) is 42.0 Å². The molecular weight excluding hydrogens is 324 g/mol. The van der Waals surface area contributed by atoms with Crippen molar-refractivity contribution in [3.05, 3.63) is 47.5 Å². The Morgan fingerprint density at radius 1 is 0.880 bits per heavy atom. The fraction of sp³-hybridized carbons (Fsp3) is 0.211. The zero-order chi connectivity index (χ0) is 18.4. The summed E-state index contributed by atoms with van der Waals surface area (Å²) < 4.78 is 20.8. The van der Waals surface area contributed by atoms with E-state index in [1.54, 1.807) is 18.2 Å². The quantitative estimate of drug-likeness (QED) is 0.613. The number of rotatable bonds is 7. The predicted molar refractivity (Wildman–Crippen MR) is 94.1 cm³/mol. The van der Waals surface area contributed by atoms with E-state index in [1.807, 2.05) is 0 Å². The van der Waals surface area contributed by atoms with Gasteiger partial charge in [0.15, 0.2) is 28.8 Å². The van der Waals surface area contributed by atoms with Crippen molar-refractivity contribution in [2.75, 3.05) is 28.4 Å². The monoisotopic (exact) mass is 344 g/mol. The molecule has 6 heteroatoms. The van der Waals surface area contributed by atoms with Crippen molar-refractivity contribution in [3.8, 4) is 28.7 Å². The molecule has 0 saturated carbocycles. The van der Waals surface area contributed by atoms with Crippen molar-refractivity contribution in [1.29, 1.82) is 0 Å². The molecule has 132 valence electrons. The first kappa shape index (κ1) is 18.2. The molecule has 0 radical (unpaired) electrons. The molecule has 0 aromatic heterocycles. The number of phenols is 1. The molecule has 0 atom stereocenters. The van der Waals surface area contributed by atoms with Gasteiger partial charge in [0.25, 0.3) is 0 Å². The summed E-state index contributed by atoms with van der Waals surface area (Å²) in [6, 6.07) is 7.90. The zero-order valence-corrected chi connectivity index (χ0v) is 14.5. The van der Waals surface area contributed by atoms with Crippen LogP contribution in [0.2, 0.25) is 0 Å². The third-order valence-corrected chi connectivity index (χ3v) is 3.58. The van der Waals surface area contributed by atoms with Gasteiger partial charge in [-0.15, -0.1) is 0 Å². The molecule has 2 aromatic carbocycles. The van der Waals surface area contributed by atoms with Crippen LogP contribution in [0.1, 0.15) is 15.9 Å². The number of ether oxygens (including phenoxy) is 4. The van der Waals surface area contributed by atoms with Gasteiger partial charge in [-0.3, -0.25) is 4.79 Å². The molecule has 6 nitrogen and oxygen atoms in total. The van der Waals surface area contributed by atoms with E-state index in [1.165, 1.54) is 52.7 Å². The van der Waals surface area contributed by atoms with Crippen LogP contribution < -0.4 is 18.9 Å². The minimum atomic E-state index is -0.230. The smallest absolute Gasteiger partial charge is 0.203 e. The van der Waals surface area contributed by atoms with Gasteiger partial charge in [0, 0.05) is 5.56 Å². The summed E-state index contributed by atoms with van der Waals surface area (Å²) in [5.41, 5.74) is 1.12. The Kier molecular flexibility index (Phi) is 5.89. The fourth-order valence-electron chi connectivity index (χ4n) is 2.30. The van der Waals surface area contributed by atoms with E-state index in [0.29, 0.717) is 28.4 Å². The van der Waals surface area contributed by atoms with Crippen LogP contribution in [-0.2, 0) is 0 Å². The predicted octanol–water partition coefficient (Wildman–Crippen LogP) is 3.32. The standard InChI is InChI=1S/C19H20O6/c1-22-16-11-13(6-8-15(16)21)14(20)7-5-12-9-17(23-2)19(25-4)18(10-12)24-3/h5-11,21H,1-4H3/b7-5+. The summed E-state index contributed by atoms with van der Waals surface area (Å²) in [5, 5.41) is 9.60. The minimum Gasteiger partial charge on any atom is -0.504 e. The van der Waals surface area contributed by atoms with Crippen molar-refractivity contribution in [3.63, 3.8) is 0 Å². The van der Waals surface area contributed by atoms with Gasteiger partial charge in [-0.2, -0.15) is 0 Å². The molecule has 0 bridgehead atoms. The number of allylic oxidation sites excluding steroid dienone is 1. The maximum atomic E-state index is 12.3. The van der Waals surface area contributed by atoms with Crippen LogP contribution in [0.4, 0.5) is 0 Å². The molecule has 0 heterocycles. The van der Waals surface area contributed by atoms with Crippen LogP contribution in [-0.4, -0.2) is 39.3 Å². The summed E-state index contributed by atoms with van der Waals surface area (Å²) in [6.07, 6.45) is 3.07. The number of hydrogen-bond donors (Lipinski definition) is 1. The van der Waals surface area contributed by atoms with E-state index in [4.69, 9.17) is 18.9 Å². The van der Waals surface area contributed by atoms with E-state index in [0.717, 1.165) is 0 Å². The Morgan fingerprint density at radius 2 is 1.48 bits per heavy atom. The molecule has 0 saturated heterocycles. The average Bonchev–Trinajstić information content (AvgIpc) is 2.65. The Hall–Kier alpha value is -3.15. The average molecular weight is 344 g/mol. The second kappa shape index (κ2) is 8.10. The lowest BCUT2D eigenvalue weighted by atomic mass is 10.1. The highest BCUT2D eigenvalue weighted by Crippen LogP contribution is 2.38. The van der Waals surface area contributed by atoms with E-state index in [2.05, 4.69) is 0 Å². The first-order valence-electron chi connectivity index (χ1n) is 7.43. The van der Waals surface area contributed by atoms with Crippen molar-refractivity contribution < 1.29 is 28.8 Å². The minimum absolute atomic E-state index is 0.0207. The van der Waals surface area contributed by atoms with Gasteiger partial charge in [-0.1, -0.05) is 6.08 Å². The molecule has 1 N–H and O–H groups in total. The molecule has 2 aromatic rings. The number of hydrogen-bond acceptors (Lipinski definition) is 6. The summed E-state index contributed by atoms with van der Waals surface area (Å²) in [4.78, 5) is 12.3. The fourth-order valence-corrected chi connectivity index (χ4v) is 2.30. The number of phenolic OH excluding ortho intramolecular Hbond substituents is 1. The number of carbonyl (C=O) groups is 1. The van der Waals surface area contributed by atoms with Crippen molar-refractivity contribution in [2.45, 2.75) is 0 Å². The highest BCUT2D eigenvalue weighted by Gasteiger charge is 2.12. The van der Waals surface area contributed by atoms with Crippen LogP contribution in [0.5, 0.6) is 28.7 Å². The van der Waals surface area contributed by atoms with Crippen LogP contribution in [0, 0.1) is 0 Å². The number of carbonyl (C=O) groups excluding carboxylic acids is 1. The molecular formula is C19H20O6. The molecule has 0 aliphatic carbocycles. The lowest BCUT2D eigenvalue weighted by Gasteiger charge is -2.12. The van der Waals surface area contributed by atoms with Gasteiger partial charge >= 0.3 is 0 Å². The third kappa shape index (κ3) is 4.03. The van der Waals surface area contributed by atoms with E-state index in [-0.39, 0.29) is 17.3 Å². The van der Waals surface area contributed by atoms with Crippen LogP contribution in [0.3, 0.4) is 0 Å². The van der Waals surface area contributed by atoms with Gasteiger partial charge in [-0.25, -0.2) is 0 Å². The lowest BCUT2D eigenvalue weighted by molar-refractivity contribution is 0.104. The highest BCUT2D eigenvalue weighted by molar-refractivity contribution is 6.07. The normalized spacial score (nSPS) is 10.6. The summed E-state index contributed by atoms with van der Waals surface area (Å²) >= 11 is 0. The Balaban J connectivity index is 2.31. The number of methoxy groups -OCH3 is 4. The topological polar surface area (TPSA) is 74.2 Å². The van der Waals surface area contributed by atoms with Crippen LogP contribution in [0.25, 0.3) is 6.08 Å². The second-order valence-electron chi connectivity index (χ2n) is 5.04. The molecule has 0 aliphatic heterocycles. The molecule has 0 fully saturated rings. The summed E-state index contributed by atoms with van der Waals surface area (Å²) in [5.74, 6) is 1.48. The van der Waals surface area contributed by atoms with Gasteiger partial charge in [0.1, 0.15) is 0 Å². The van der Waals surface area contributed by atoms with Crippen molar-refractivity contribution in [1.82, 2.24) is 0 Å². The Labute approximate surface area is 146 Å². The van der Waals surface area contributed by atoms with Crippen LogP contribution >= 0.6 is 0 Å². The SMILES string of the molecule is COc1cc(C(=O)/C=C/c2cc(OC)c(OC)c(OC)c2)ccc1O. The van der Waals surface area contributed by atoms with Gasteiger partial charge in [0.2, 0.25) is 5.75 Å². The maximum absolute atomic E-state index is 12.3. The first-order chi connectivity index (χ1) is 12.0. The van der Waals surface area contributed by atoms with Crippen LogP contribution in [0.15, 0.2) is 36.4 Å². The summed E-state index contributed by atoms with van der Waals surface area (Å²) in [7, 11) is 6.00. The van der Waals surface area contributed by atoms with Crippen molar-refractivity contribution >= 4 is 11.9 Å².